The predicted octanol–water partition coefficient (Wildman–Crippen LogP) is 2.37. The van der Waals surface area contributed by atoms with Crippen LogP contribution in [0, 0.1) is 5.41 Å². The maximum Gasteiger partial charge on any atom is 0.246 e. The molecule has 0 atom stereocenters. The minimum Gasteiger partial charge on any atom is -0.342 e. The van der Waals surface area contributed by atoms with Crippen molar-refractivity contribution in [2.24, 2.45) is 5.41 Å². The lowest BCUT2D eigenvalue weighted by Gasteiger charge is -2.33. The first-order valence-electron chi connectivity index (χ1n) is 7.80. The highest BCUT2D eigenvalue weighted by Crippen LogP contribution is 2.40. The molecule has 21 heavy (non-hydrogen) atoms. The maximum atomic E-state index is 12.3. The molecule has 4 heteroatoms. The van der Waals surface area contributed by atoms with Crippen LogP contribution in [0.4, 0.5) is 0 Å². The van der Waals surface area contributed by atoms with Crippen molar-refractivity contribution < 1.29 is 9.59 Å². The van der Waals surface area contributed by atoms with Crippen LogP contribution in [0.5, 0.6) is 0 Å². The summed E-state index contributed by atoms with van der Waals surface area (Å²) in [6.45, 7) is 9.21. The third kappa shape index (κ3) is 3.74. The minimum atomic E-state index is 0.0576. The largest absolute Gasteiger partial charge is 0.342 e. The fourth-order valence-corrected chi connectivity index (χ4v) is 3.32. The van der Waals surface area contributed by atoms with E-state index in [9.17, 15) is 9.59 Å². The zero-order valence-corrected chi connectivity index (χ0v) is 13.4. The molecule has 2 rings (SSSR count). The zero-order valence-electron chi connectivity index (χ0n) is 13.4. The third-order valence-electron chi connectivity index (χ3n) is 4.71. The predicted molar refractivity (Wildman–Crippen MR) is 83.7 cm³/mol. The summed E-state index contributed by atoms with van der Waals surface area (Å²) in [6, 6.07) is 0. The van der Waals surface area contributed by atoms with Gasteiger partial charge in [0.2, 0.25) is 12.3 Å². The Hall–Kier alpha value is -1.58. The van der Waals surface area contributed by atoms with Gasteiger partial charge in [0.25, 0.3) is 0 Å². The van der Waals surface area contributed by atoms with Crippen molar-refractivity contribution in [1.29, 1.82) is 0 Å². The molecular formula is C17H26N2O2. The van der Waals surface area contributed by atoms with E-state index in [1.165, 1.54) is 24.0 Å². The molecule has 0 spiro atoms. The van der Waals surface area contributed by atoms with Crippen LogP contribution in [-0.4, -0.2) is 48.3 Å². The van der Waals surface area contributed by atoms with Gasteiger partial charge in [-0.05, 0) is 37.2 Å². The molecule has 0 bridgehead atoms. The van der Waals surface area contributed by atoms with E-state index < -0.39 is 0 Å². The first-order valence-corrected chi connectivity index (χ1v) is 7.80. The number of amides is 2. The molecular weight excluding hydrogens is 264 g/mol. The number of hydrogen-bond acceptors (Lipinski definition) is 2. The Morgan fingerprint density at radius 3 is 2.43 bits per heavy atom. The van der Waals surface area contributed by atoms with Gasteiger partial charge in [0.1, 0.15) is 0 Å². The summed E-state index contributed by atoms with van der Waals surface area (Å²) in [6.07, 6.45) is 8.13. The number of hydrogen-bond donors (Lipinski definition) is 0. The summed E-state index contributed by atoms with van der Waals surface area (Å²) in [5.41, 5.74) is 2.88. The summed E-state index contributed by atoms with van der Waals surface area (Å²) >= 11 is 0. The number of carbonyl (C=O) groups is 2. The lowest BCUT2D eigenvalue weighted by Crippen LogP contribution is -2.47. The highest BCUT2D eigenvalue weighted by Gasteiger charge is 2.27. The van der Waals surface area contributed by atoms with Gasteiger partial charge < -0.3 is 9.80 Å². The number of nitrogens with zero attached hydrogens (tertiary/aromatic N) is 2. The SMILES string of the molecule is CC1=C(/C=C/C(=O)N2CCN(C=O)CC2)C(C)(C)CCC1. The van der Waals surface area contributed by atoms with Crippen LogP contribution in [0.2, 0.25) is 0 Å². The molecule has 0 aromatic carbocycles. The molecule has 0 aromatic heterocycles. The molecule has 1 aliphatic carbocycles. The molecule has 116 valence electrons. The summed E-state index contributed by atoms with van der Waals surface area (Å²) in [5.74, 6) is 0.0576. The van der Waals surface area contributed by atoms with Crippen LogP contribution < -0.4 is 0 Å². The van der Waals surface area contributed by atoms with E-state index in [1.807, 2.05) is 11.0 Å². The van der Waals surface area contributed by atoms with Crippen LogP contribution in [-0.2, 0) is 9.59 Å². The maximum absolute atomic E-state index is 12.3. The van der Waals surface area contributed by atoms with Crippen LogP contribution >= 0.6 is 0 Å². The monoisotopic (exact) mass is 290 g/mol. The average Bonchev–Trinajstić information content (AvgIpc) is 2.46. The first kappa shape index (κ1) is 15.8. The molecule has 0 N–H and O–H groups in total. The van der Waals surface area contributed by atoms with Crippen LogP contribution in [0.3, 0.4) is 0 Å². The summed E-state index contributed by atoms with van der Waals surface area (Å²) in [5, 5.41) is 0. The molecule has 0 radical (unpaired) electrons. The number of piperazine rings is 1. The van der Waals surface area contributed by atoms with E-state index in [0.29, 0.717) is 26.2 Å². The first-order chi connectivity index (χ1) is 9.94. The van der Waals surface area contributed by atoms with Crippen molar-refractivity contribution in [1.82, 2.24) is 9.80 Å². The highest BCUT2D eigenvalue weighted by molar-refractivity contribution is 5.88. The lowest BCUT2D eigenvalue weighted by atomic mass is 9.72. The summed E-state index contributed by atoms with van der Waals surface area (Å²) in [7, 11) is 0. The second kappa shape index (κ2) is 6.46. The molecule has 4 nitrogen and oxygen atoms in total. The second-order valence-electron chi connectivity index (χ2n) is 6.73. The van der Waals surface area contributed by atoms with E-state index in [4.69, 9.17) is 0 Å². The Labute approximate surface area is 127 Å². The van der Waals surface area contributed by atoms with Crippen molar-refractivity contribution >= 4 is 12.3 Å². The third-order valence-corrected chi connectivity index (χ3v) is 4.71. The molecule has 1 fully saturated rings. The van der Waals surface area contributed by atoms with Gasteiger partial charge in [-0.3, -0.25) is 9.59 Å². The van der Waals surface area contributed by atoms with Crippen molar-refractivity contribution in [3.05, 3.63) is 23.3 Å². The topological polar surface area (TPSA) is 40.6 Å². The fourth-order valence-electron chi connectivity index (χ4n) is 3.32. The minimum absolute atomic E-state index is 0.0576. The Morgan fingerprint density at radius 1 is 1.19 bits per heavy atom. The number of rotatable bonds is 3. The van der Waals surface area contributed by atoms with E-state index in [1.54, 1.807) is 11.0 Å². The van der Waals surface area contributed by atoms with Crippen molar-refractivity contribution in [3.8, 4) is 0 Å². The van der Waals surface area contributed by atoms with Gasteiger partial charge in [-0.2, -0.15) is 0 Å². The molecule has 0 unspecified atom stereocenters. The number of carbonyl (C=O) groups excluding carboxylic acids is 2. The Morgan fingerprint density at radius 2 is 1.86 bits per heavy atom. The molecule has 2 aliphatic rings. The standard InChI is InChI=1S/C17H26N2O2/c1-14-5-4-8-17(2,3)15(14)6-7-16(21)19-11-9-18(13-20)10-12-19/h6-7,13H,4-5,8-12H2,1-3H3/b7-6+. The van der Waals surface area contributed by atoms with Crippen molar-refractivity contribution in [2.45, 2.75) is 40.0 Å². The van der Waals surface area contributed by atoms with Gasteiger partial charge in [-0.1, -0.05) is 25.5 Å². The molecule has 0 aromatic rings. The van der Waals surface area contributed by atoms with Crippen molar-refractivity contribution in [3.63, 3.8) is 0 Å². The van der Waals surface area contributed by atoms with Crippen molar-refractivity contribution in [2.75, 3.05) is 26.2 Å². The van der Waals surface area contributed by atoms with E-state index in [2.05, 4.69) is 20.8 Å². The number of allylic oxidation sites excluding steroid dienone is 3. The Kier molecular flexibility index (Phi) is 4.86. The van der Waals surface area contributed by atoms with E-state index in [-0.39, 0.29) is 11.3 Å². The lowest BCUT2D eigenvalue weighted by molar-refractivity contribution is -0.130. The smallest absolute Gasteiger partial charge is 0.246 e. The highest BCUT2D eigenvalue weighted by atomic mass is 16.2. The van der Waals surface area contributed by atoms with Gasteiger partial charge in [0, 0.05) is 32.3 Å². The second-order valence-corrected chi connectivity index (χ2v) is 6.73. The summed E-state index contributed by atoms with van der Waals surface area (Å²) < 4.78 is 0. The normalized spacial score (nSPS) is 22.8. The fraction of sp³-hybridized carbons (Fsp3) is 0.647. The van der Waals surface area contributed by atoms with E-state index >= 15 is 0 Å². The molecule has 1 saturated heterocycles. The molecule has 1 heterocycles. The van der Waals surface area contributed by atoms with Gasteiger partial charge in [-0.25, -0.2) is 0 Å². The van der Waals surface area contributed by atoms with Crippen LogP contribution in [0.25, 0.3) is 0 Å². The van der Waals surface area contributed by atoms with Gasteiger partial charge in [-0.15, -0.1) is 0 Å². The molecule has 2 amide bonds. The quantitative estimate of drug-likeness (QED) is 0.591. The van der Waals surface area contributed by atoms with Gasteiger partial charge >= 0.3 is 0 Å². The van der Waals surface area contributed by atoms with Crippen LogP contribution in [0.15, 0.2) is 23.3 Å². The molecule has 1 aliphatic heterocycles. The van der Waals surface area contributed by atoms with E-state index in [0.717, 1.165) is 12.8 Å². The average molecular weight is 290 g/mol. The van der Waals surface area contributed by atoms with Gasteiger partial charge in [0.05, 0.1) is 0 Å². The van der Waals surface area contributed by atoms with Crippen LogP contribution in [0.1, 0.15) is 40.0 Å². The summed E-state index contributed by atoms with van der Waals surface area (Å²) in [4.78, 5) is 26.5. The Balaban J connectivity index is 2.00. The zero-order chi connectivity index (χ0) is 15.5. The van der Waals surface area contributed by atoms with Gasteiger partial charge in [0.15, 0.2) is 0 Å². The Bertz CT molecular complexity index is 469. The molecule has 0 saturated carbocycles.